The molecule has 1 saturated heterocycles. The molecule has 0 spiro atoms. The van der Waals surface area contributed by atoms with Crippen molar-refractivity contribution in [3.8, 4) is 0 Å². The van der Waals surface area contributed by atoms with Crippen molar-refractivity contribution in [2.24, 2.45) is 0 Å². The van der Waals surface area contributed by atoms with Gasteiger partial charge < -0.3 is 9.80 Å². The molecular formula is C20H27N3O2S. The van der Waals surface area contributed by atoms with E-state index in [0.717, 1.165) is 18.8 Å². The third-order valence-electron chi connectivity index (χ3n) is 4.96. The van der Waals surface area contributed by atoms with E-state index in [-0.39, 0.29) is 0 Å². The molecule has 0 amide bonds. The van der Waals surface area contributed by atoms with E-state index >= 15 is 0 Å². The maximum atomic E-state index is 12.7. The summed E-state index contributed by atoms with van der Waals surface area (Å²) in [5.74, 6) is 0. The average Bonchev–Trinajstić information content (AvgIpc) is 2.70. The molecule has 1 fully saturated rings. The smallest absolute Gasteiger partial charge is 0.243 e. The minimum atomic E-state index is -3.39. The standard InChI is InChI=1S/C20H27N3O2S/c1-3-21(4-2)18-10-12-19(13-11-18)22-14-16-23(17-15-22)26(24,25)20-8-6-5-7-9-20/h5-13H,3-4,14-17H2,1-2H3. The highest BCUT2D eigenvalue weighted by Gasteiger charge is 2.28. The summed E-state index contributed by atoms with van der Waals surface area (Å²) in [5, 5.41) is 0. The van der Waals surface area contributed by atoms with E-state index in [0.29, 0.717) is 31.1 Å². The van der Waals surface area contributed by atoms with Crippen LogP contribution in [-0.4, -0.2) is 52.0 Å². The van der Waals surface area contributed by atoms with Crippen molar-refractivity contribution in [1.82, 2.24) is 4.31 Å². The Balaban J connectivity index is 1.65. The van der Waals surface area contributed by atoms with Gasteiger partial charge in [-0.05, 0) is 50.2 Å². The van der Waals surface area contributed by atoms with Gasteiger partial charge in [0.2, 0.25) is 10.0 Å². The first-order valence-corrected chi connectivity index (χ1v) is 10.7. The molecule has 3 rings (SSSR count). The summed E-state index contributed by atoms with van der Waals surface area (Å²) in [7, 11) is -3.39. The second-order valence-electron chi connectivity index (χ2n) is 6.39. The Morgan fingerprint density at radius 2 is 1.42 bits per heavy atom. The summed E-state index contributed by atoms with van der Waals surface area (Å²) in [5.41, 5.74) is 2.38. The fraction of sp³-hybridized carbons (Fsp3) is 0.400. The topological polar surface area (TPSA) is 43.9 Å². The van der Waals surface area contributed by atoms with Gasteiger partial charge in [-0.3, -0.25) is 0 Å². The third kappa shape index (κ3) is 3.86. The van der Waals surface area contributed by atoms with Gasteiger partial charge in [0.1, 0.15) is 0 Å². The normalized spacial score (nSPS) is 15.8. The Labute approximate surface area is 156 Å². The molecule has 2 aromatic rings. The summed E-state index contributed by atoms with van der Waals surface area (Å²) in [4.78, 5) is 4.94. The Hall–Kier alpha value is -2.05. The van der Waals surface area contributed by atoms with Crippen molar-refractivity contribution >= 4 is 21.4 Å². The SMILES string of the molecule is CCN(CC)c1ccc(N2CCN(S(=O)(=O)c3ccccc3)CC2)cc1. The first kappa shape index (κ1) is 18.7. The van der Waals surface area contributed by atoms with Crippen LogP contribution in [0.1, 0.15) is 13.8 Å². The van der Waals surface area contributed by atoms with Crippen molar-refractivity contribution in [3.63, 3.8) is 0 Å². The van der Waals surface area contributed by atoms with Crippen LogP contribution in [0.2, 0.25) is 0 Å². The second-order valence-corrected chi connectivity index (χ2v) is 8.33. The Morgan fingerprint density at radius 3 is 1.96 bits per heavy atom. The summed E-state index contributed by atoms with van der Waals surface area (Å²) in [6, 6.07) is 17.2. The van der Waals surface area contributed by atoms with Crippen LogP contribution in [0, 0.1) is 0 Å². The molecule has 140 valence electrons. The highest BCUT2D eigenvalue weighted by atomic mass is 32.2. The molecule has 0 bridgehead atoms. The largest absolute Gasteiger partial charge is 0.372 e. The summed E-state index contributed by atoms with van der Waals surface area (Å²) in [6.07, 6.45) is 0. The van der Waals surface area contributed by atoms with Crippen molar-refractivity contribution < 1.29 is 8.42 Å². The van der Waals surface area contributed by atoms with Crippen LogP contribution in [0.4, 0.5) is 11.4 Å². The molecule has 1 aliphatic rings. The van der Waals surface area contributed by atoms with Gasteiger partial charge in [0.05, 0.1) is 4.90 Å². The minimum absolute atomic E-state index is 0.372. The molecule has 0 radical (unpaired) electrons. The van der Waals surface area contributed by atoms with E-state index in [1.807, 2.05) is 6.07 Å². The van der Waals surface area contributed by atoms with E-state index < -0.39 is 10.0 Å². The van der Waals surface area contributed by atoms with Gasteiger partial charge in [-0.1, -0.05) is 18.2 Å². The van der Waals surface area contributed by atoms with Crippen molar-refractivity contribution in [2.75, 3.05) is 49.1 Å². The van der Waals surface area contributed by atoms with Crippen molar-refractivity contribution in [1.29, 1.82) is 0 Å². The first-order chi connectivity index (χ1) is 12.6. The molecule has 0 atom stereocenters. The molecule has 0 N–H and O–H groups in total. The van der Waals surface area contributed by atoms with Gasteiger partial charge in [0, 0.05) is 50.6 Å². The molecule has 5 nitrogen and oxygen atoms in total. The Morgan fingerprint density at radius 1 is 0.846 bits per heavy atom. The second kappa shape index (κ2) is 8.10. The van der Waals surface area contributed by atoms with Crippen LogP contribution in [0.5, 0.6) is 0 Å². The number of hydrogen-bond donors (Lipinski definition) is 0. The first-order valence-electron chi connectivity index (χ1n) is 9.21. The maximum Gasteiger partial charge on any atom is 0.243 e. The number of piperazine rings is 1. The van der Waals surface area contributed by atoms with Crippen LogP contribution in [0.25, 0.3) is 0 Å². The van der Waals surface area contributed by atoms with E-state index in [2.05, 4.69) is 47.9 Å². The quantitative estimate of drug-likeness (QED) is 0.781. The zero-order chi connectivity index (χ0) is 18.6. The van der Waals surface area contributed by atoms with Gasteiger partial charge in [-0.2, -0.15) is 4.31 Å². The zero-order valence-electron chi connectivity index (χ0n) is 15.5. The summed E-state index contributed by atoms with van der Waals surface area (Å²) in [6.45, 7) is 8.72. The molecule has 0 aliphatic carbocycles. The van der Waals surface area contributed by atoms with Gasteiger partial charge in [-0.15, -0.1) is 0 Å². The van der Waals surface area contributed by atoms with Crippen molar-refractivity contribution in [3.05, 3.63) is 54.6 Å². The van der Waals surface area contributed by atoms with Gasteiger partial charge in [-0.25, -0.2) is 8.42 Å². The molecular weight excluding hydrogens is 346 g/mol. The lowest BCUT2D eigenvalue weighted by molar-refractivity contribution is 0.385. The minimum Gasteiger partial charge on any atom is -0.372 e. The molecule has 1 aliphatic heterocycles. The lowest BCUT2D eigenvalue weighted by atomic mass is 10.2. The highest BCUT2D eigenvalue weighted by molar-refractivity contribution is 7.89. The van der Waals surface area contributed by atoms with E-state index in [4.69, 9.17) is 0 Å². The molecule has 6 heteroatoms. The van der Waals surface area contributed by atoms with Gasteiger partial charge in [0.15, 0.2) is 0 Å². The highest BCUT2D eigenvalue weighted by Crippen LogP contribution is 2.23. The predicted molar refractivity (Wildman–Crippen MR) is 107 cm³/mol. The zero-order valence-corrected chi connectivity index (χ0v) is 16.3. The number of hydrogen-bond acceptors (Lipinski definition) is 4. The van der Waals surface area contributed by atoms with Crippen molar-refractivity contribution in [2.45, 2.75) is 18.7 Å². The molecule has 1 heterocycles. The predicted octanol–water partition coefficient (Wildman–Crippen LogP) is 3.04. The van der Waals surface area contributed by atoms with Crippen LogP contribution < -0.4 is 9.80 Å². The maximum absolute atomic E-state index is 12.7. The monoisotopic (exact) mass is 373 g/mol. The summed E-state index contributed by atoms with van der Waals surface area (Å²) >= 11 is 0. The molecule has 26 heavy (non-hydrogen) atoms. The number of sulfonamides is 1. The lowest BCUT2D eigenvalue weighted by Crippen LogP contribution is -2.48. The van der Waals surface area contributed by atoms with Gasteiger partial charge >= 0.3 is 0 Å². The number of anilines is 2. The van der Waals surface area contributed by atoms with Gasteiger partial charge in [0.25, 0.3) is 0 Å². The Kier molecular flexibility index (Phi) is 5.84. The average molecular weight is 374 g/mol. The molecule has 0 saturated carbocycles. The molecule has 0 unspecified atom stereocenters. The van der Waals surface area contributed by atoms with Crippen LogP contribution in [-0.2, 0) is 10.0 Å². The number of rotatable bonds is 6. The lowest BCUT2D eigenvalue weighted by Gasteiger charge is -2.35. The fourth-order valence-corrected chi connectivity index (χ4v) is 4.83. The van der Waals surface area contributed by atoms with Crippen LogP contribution in [0.15, 0.2) is 59.5 Å². The fourth-order valence-electron chi connectivity index (χ4n) is 3.39. The van der Waals surface area contributed by atoms with Crippen LogP contribution in [0.3, 0.4) is 0 Å². The number of benzene rings is 2. The molecule has 0 aromatic heterocycles. The summed E-state index contributed by atoms with van der Waals surface area (Å²) < 4.78 is 27.0. The van der Waals surface area contributed by atoms with Crippen LogP contribution >= 0.6 is 0 Å². The Bertz CT molecular complexity index is 795. The van der Waals surface area contributed by atoms with E-state index in [9.17, 15) is 8.42 Å². The third-order valence-corrected chi connectivity index (χ3v) is 6.88. The number of nitrogens with zero attached hydrogens (tertiary/aromatic N) is 3. The van der Waals surface area contributed by atoms with E-state index in [1.54, 1.807) is 28.6 Å². The van der Waals surface area contributed by atoms with E-state index in [1.165, 1.54) is 5.69 Å². The molecule has 2 aromatic carbocycles.